The molecule has 0 bridgehead atoms. The third-order valence-corrected chi connectivity index (χ3v) is 5.71. The van der Waals surface area contributed by atoms with Gasteiger partial charge in [-0.2, -0.15) is 17.9 Å². The third kappa shape index (κ3) is 7.88. The van der Waals surface area contributed by atoms with Gasteiger partial charge in [0, 0.05) is 0 Å². The maximum Gasteiger partial charge on any atom is 0.416 e. The van der Waals surface area contributed by atoms with E-state index in [0.717, 1.165) is 12.1 Å². The molecule has 0 fully saturated rings. The molecule has 3 amide bonds. The molecule has 0 aliphatic heterocycles. The lowest BCUT2D eigenvalue weighted by Gasteiger charge is -2.21. The molecule has 1 aromatic carbocycles. The number of rotatable bonds is 9. The van der Waals surface area contributed by atoms with Gasteiger partial charge in [-0.05, 0) is 36.2 Å². The van der Waals surface area contributed by atoms with Crippen molar-refractivity contribution >= 4 is 27.9 Å². The van der Waals surface area contributed by atoms with Crippen LogP contribution in [-0.4, -0.2) is 39.0 Å². The summed E-state index contributed by atoms with van der Waals surface area (Å²) >= 11 is 0. The molecule has 3 N–H and O–H groups in total. The number of furan rings is 1. The Kier molecular flexibility index (Phi) is 8.81. The monoisotopic (exact) mass is 505 g/mol. The number of urea groups is 1. The van der Waals surface area contributed by atoms with Gasteiger partial charge in [0.15, 0.2) is 6.61 Å². The van der Waals surface area contributed by atoms with Crippen LogP contribution in [0.4, 0.5) is 18.0 Å². The Labute approximate surface area is 192 Å². The lowest BCUT2D eigenvalue weighted by atomic mass is 10.1. The number of esters is 1. The van der Waals surface area contributed by atoms with Crippen molar-refractivity contribution in [2.75, 3.05) is 6.61 Å². The van der Waals surface area contributed by atoms with E-state index in [2.05, 4.69) is 5.32 Å². The number of ether oxygens (including phenoxy) is 1. The van der Waals surface area contributed by atoms with Crippen LogP contribution in [0.5, 0.6) is 0 Å². The summed E-state index contributed by atoms with van der Waals surface area (Å²) in [5.74, 6) is -2.40. The van der Waals surface area contributed by atoms with Crippen LogP contribution >= 0.6 is 0 Å². The fourth-order valence-corrected chi connectivity index (χ4v) is 3.92. The average Bonchev–Trinajstić information content (AvgIpc) is 3.27. The van der Waals surface area contributed by atoms with E-state index in [1.54, 1.807) is 12.1 Å². The second-order valence-electron chi connectivity index (χ2n) is 7.29. The van der Waals surface area contributed by atoms with E-state index in [0.29, 0.717) is 17.9 Å². The van der Waals surface area contributed by atoms with Crippen LogP contribution in [0.25, 0.3) is 0 Å². The van der Waals surface area contributed by atoms with Crippen molar-refractivity contribution in [1.82, 2.24) is 15.4 Å². The van der Waals surface area contributed by atoms with Crippen molar-refractivity contribution in [2.24, 2.45) is 5.92 Å². The van der Waals surface area contributed by atoms with Gasteiger partial charge in [0.05, 0.1) is 23.3 Å². The highest BCUT2D eigenvalue weighted by Gasteiger charge is 2.34. The van der Waals surface area contributed by atoms with Gasteiger partial charge in [0.25, 0.3) is 5.91 Å². The quantitative estimate of drug-likeness (QED) is 0.443. The number of alkyl halides is 3. The molecule has 0 saturated heterocycles. The first-order valence-corrected chi connectivity index (χ1v) is 11.2. The van der Waals surface area contributed by atoms with Crippen molar-refractivity contribution in [3.05, 3.63) is 54.0 Å². The Hall–Kier alpha value is -3.39. The molecule has 10 nitrogen and oxygen atoms in total. The number of sulfonamides is 1. The molecule has 1 atom stereocenters. The molecule has 0 saturated carbocycles. The van der Waals surface area contributed by atoms with Crippen molar-refractivity contribution in [3.8, 4) is 0 Å². The topological polar surface area (TPSA) is 144 Å². The molecule has 0 aliphatic carbocycles. The van der Waals surface area contributed by atoms with Crippen LogP contribution in [0.2, 0.25) is 0 Å². The maximum atomic E-state index is 12.9. The minimum absolute atomic E-state index is 0.00135. The van der Waals surface area contributed by atoms with Gasteiger partial charge in [0.2, 0.25) is 10.0 Å². The van der Waals surface area contributed by atoms with Crippen LogP contribution in [-0.2, 0) is 37.1 Å². The number of carbonyl (C=O) groups excluding carboxylic acids is 3. The number of benzene rings is 1. The van der Waals surface area contributed by atoms with Gasteiger partial charge in [0.1, 0.15) is 11.8 Å². The SMILES string of the molecule is CC(C)[C@H](NS(=O)(=O)c1cccc(C(F)(F)F)c1)C(=O)OCC(=O)NC(=O)NCc1ccco1. The van der Waals surface area contributed by atoms with E-state index >= 15 is 0 Å². The van der Waals surface area contributed by atoms with Crippen molar-refractivity contribution in [2.45, 2.75) is 37.5 Å². The number of hydrogen-bond donors (Lipinski definition) is 3. The molecule has 0 aliphatic rings. The van der Waals surface area contributed by atoms with Crippen LogP contribution in [0.15, 0.2) is 52.0 Å². The highest BCUT2D eigenvalue weighted by atomic mass is 32.2. The first kappa shape index (κ1) is 26.9. The normalized spacial score (nSPS) is 12.8. The molecule has 14 heteroatoms. The number of hydrogen-bond acceptors (Lipinski definition) is 7. The molecule has 2 aromatic rings. The number of carbonyl (C=O) groups is 3. The van der Waals surface area contributed by atoms with Gasteiger partial charge < -0.3 is 14.5 Å². The molecular weight excluding hydrogens is 483 g/mol. The molecule has 1 heterocycles. The average molecular weight is 505 g/mol. The Bertz CT molecular complexity index is 1120. The van der Waals surface area contributed by atoms with Crippen LogP contribution in [0.3, 0.4) is 0 Å². The second kappa shape index (κ2) is 11.2. The predicted molar refractivity (Wildman–Crippen MR) is 110 cm³/mol. The van der Waals surface area contributed by atoms with Crippen molar-refractivity contribution < 1.29 is 45.1 Å². The van der Waals surface area contributed by atoms with E-state index in [4.69, 9.17) is 9.15 Å². The van der Waals surface area contributed by atoms with Gasteiger partial charge in [-0.1, -0.05) is 19.9 Å². The second-order valence-corrected chi connectivity index (χ2v) is 9.00. The van der Waals surface area contributed by atoms with E-state index < -0.39 is 63.1 Å². The summed E-state index contributed by atoms with van der Waals surface area (Å²) in [6, 6.07) is 3.79. The first-order chi connectivity index (χ1) is 15.8. The zero-order valence-electron chi connectivity index (χ0n) is 18.0. The van der Waals surface area contributed by atoms with Crippen LogP contribution in [0, 0.1) is 5.92 Å². The van der Waals surface area contributed by atoms with Gasteiger partial charge in [-0.25, -0.2) is 13.2 Å². The number of imide groups is 1. The maximum absolute atomic E-state index is 12.9. The smallest absolute Gasteiger partial charge is 0.416 e. The zero-order chi connectivity index (χ0) is 25.5. The minimum atomic E-state index is -4.76. The molecule has 34 heavy (non-hydrogen) atoms. The Morgan fingerprint density at radius 2 is 1.82 bits per heavy atom. The third-order valence-electron chi connectivity index (χ3n) is 4.28. The number of halogens is 3. The lowest BCUT2D eigenvalue weighted by molar-refractivity contribution is -0.150. The molecule has 0 radical (unpaired) electrons. The fourth-order valence-electron chi connectivity index (χ4n) is 2.55. The van der Waals surface area contributed by atoms with Gasteiger partial charge in [-0.3, -0.25) is 14.9 Å². The lowest BCUT2D eigenvalue weighted by Crippen LogP contribution is -2.47. The largest absolute Gasteiger partial charge is 0.467 e. The summed E-state index contributed by atoms with van der Waals surface area (Å²) in [5, 5.41) is 4.24. The van der Waals surface area contributed by atoms with E-state index in [1.807, 2.05) is 10.0 Å². The minimum Gasteiger partial charge on any atom is -0.467 e. The summed E-state index contributed by atoms with van der Waals surface area (Å²) < 4.78 is 75.6. The van der Waals surface area contributed by atoms with Crippen LogP contribution < -0.4 is 15.4 Å². The highest BCUT2D eigenvalue weighted by molar-refractivity contribution is 7.89. The summed E-state index contributed by atoms with van der Waals surface area (Å²) in [4.78, 5) is 35.2. The van der Waals surface area contributed by atoms with E-state index in [1.165, 1.54) is 20.1 Å². The van der Waals surface area contributed by atoms with E-state index in [9.17, 15) is 36.0 Å². The summed E-state index contributed by atoms with van der Waals surface area (Å²) in [7, 11) is -4.54. The predicted octanol–water partition coefficient (Wildman–Crippen LogP) is 2.17. The molecule has 0 unspecified atom stereocenters. The summed E-state index contributed by atoms with van der Waals surface area (Å²) in [6.07, 6.45) is -3.37. The summed E-state index contributed by atoms with van der Waals surface area (Å²) in [6.45, 7) is 2.02. The Morgan fingerprint density at radius 1 is 1.12 bits per heavy atom. The number of amides is 3. The Morgan fingerprint density at radius 3 is 2.41 bits per heavy atom. The number of nitrogens with one attached hydrogen (secondary N) is 3. The van der Waals surface area contributed by atoms with Crippen molar-refractivity contribution in [1.29, 1.82) is 0 Å². The molecular formula is C20H22F3N3O7S. The first-order valence-electron chi connectivity index (χ1n) is 9.76. The molecule has 186 valence electrons. The van der Waals surface area contributed by atoms with E-state index in [-0.39, 0.29) is 6.54 Å². The molecule has 0 spiro atoms. The summed E-state index contributed by atoms with van der Waals surface area (Å²) in [5.41, 5.74) is -1.18. The zero-order valence-corrected chi connectivity index (χ0v) is 18.8. The standard InChI is InChI=1S/C20H22F3N3O7S/c1-12(2)17(26-34(30,31)15-7-3-5-13(9-15)20(21,22)23)18(28)33-11-16(27)25-19(29)24-10-14-6-4-8-32-14/h3-9,12,17,26H,10-11H2,1-2H3,(H2,24,25,27,29)/t17-/m0/s1. The highest BCUT2D eigenvalue weighted by Crippen LogP contribution is 2.30. The Balaban J connectivity index is 1.95. The van der Waals surface area contributed by atoms with Gasteiger partial charge >= 0.3 is 18.2 Å². The van der Waals surface area contributed by atoms with Crippen LogP contribution in [0.1, 0.15) is 25.2 Å². The molecule has 1 aromatic heterocycles. The van der Waals surface area contributed by atoms with Crippen molar-refractivity contribution in [3.63, 3.8) is 0 Å². The van der Waals surface area contributed by atoms with Gasteiger partial charge in [-0.15, -0.1) is 0 Å². The molecule has 2 rings (SSSR count). The fraction of sp³-hybridized carbons (Fsp3) is 0.350.